The Hall–Kier alpha value is -2.27. The first-order valence-electron chi connectivity index (χ1n) is 10.6. The Labute approximate surface area is 193 Å². The van der Waals surface area contributed by atoms with Gasteiger partial charge < -0.3 is 15.1 Å². The van der Waals surface area contributed by atoms with E-state index in [1.165, 1.54) is 4.31 Å². The van der Waals surface area contributed by atoms with E-state index in [2.05, 4.69) is 15.6 Å². The van der Waals surface area contributed by atoms with Crippen LogP contribution in [0.5, 0.6) is 0 Å². The maximum atomic E-state index is 12.7. The number of piperazine rings is 1. The number of sulfonamides is 1. The van der Waals surface area contributed by atoms with Crippen molar-refractivity contribution >= 4 is 33.2 Å². The fourth-order valence-corrected chi connectivity index (χ4v) is 5.81. The summed E-state index contributed by atoms with van der Waals surface area (Å²) >= 11 is 1.62. The first-order valence-corrected chi connectivity index (χ1v) is 13.0. The number of carbonyl (C=O) groups excluding carboxylic acids is 2. The summed E-state index contributed by atoms with van der Waals surface area (Å²) < 4.78 is 26.8. The largest absolute Gasteiger partial charge is 0.354 e. The first kappa shape index (κ1) is 24.4. The second-order valence-electron chi connectivity index (χ2n) is 7.94. The molecular formula is C22H30N4O4S2. The molecule has 32 heavy (non-hydrogen) atoms. The third-order valence-electron chi connectivity index (χ3n) is 5.58. The van der Waals surface area contributed by atoms with Gasteiger partial charge in [0.1, 0.15) is 0 Å². The molecule has 174 valence electrons. The van der Waals surface area contributed by atoms with Crippen LogP contribution >= 0.6 is 11.3 Å². The molecule has 0 radical (unpaired) electrons. The quantitative estimate of drug-likeness (QED) is 0.593. The molecule has 3 rings (SSSR count). The average molecular weight is 479 g/mol. The molecular weight excluding hydrogens is 448 g/mol. The minimum atomic E-state index is -3.55. The van der Waals surface area contributed by atoms with Gasteiger partial charge in [-0.3, -0.25) is 9.59 Å². The monoisotopic (exact) mass is 478 g/mol. The Morgan fingerprint density at radius 1 is 1.06 bits per heavy atom. The Morgan fingerprint density at radius 3 is 2.34 bits per heavy atom. The molecule has 0 spiro atoms. The van der Waals surface area contributed by atoms with Crippen molar-refractivity contribution in [2.75, 3.05) is 46.8 Å². The maximum Gasteiger partial charge on any atom is 0.243 e. The van der Waals surface area contributed by atoms with Crippen molar-refractivity contribution in [3.8, 4) is 0 Å². The van der Waals surface area contributed by atoms with Gasteiger partial charge in [-0.05, 0) is 48.6 Å². The molecule has 1 unspecified atom stereocenters. The van der Waals surface area contributed by atoms with Crippen LogP contribution in [0, 0.1) is 0 Å². The van der Waals surface area contributed by atoms with E-state index in [9.17, 15) is 18.0 Å². The lowest BCUT2D eigenvalue weighted by Gasteiger charge is -2.34. The molecule has 1 aromatic heterocycles. The SMILES string of the molecule is CN(C)C(CNC(=O)CCC(=O)N1CCN(S(=O)(=O)c2ccccc2)CC1)c1ccsc1. The normalized spacial score (nSPS) is 16.2. The molecule has 2 amide bonds. The number of likely N-dealkylation sites (N-methyl/N-ethyl adjacent to an activating group) is 1. The topological polar surface area (TPSA) is 90.0 Å². The minimum Gasteiger partial charge on any atom is -0.354 e. The molecule has 0 aliphatic carbocycles. The molecule has 0 saturated carbocycles. The lowest BCUT2D eigenvalue weighted by molar-refractivity contribution is -0.134. The molecule has 10 heteroatoms. The molecule has 1 aliphatic heterocycles. The van der Waals surface area contributed by atoms with Crippen LogP contribution < -0.4 is 5.32 Å². The van der Waals surface area contributed by atoms with Gasteiger partial charge in [0.2, 0.25) is 21.8 Å². The Kier molecular flexibility index (Phi) is 8.41. The number of thiophene rings is 1. The average Bonchev–Trinajstić information content (AvgIpc) is 3.32. The van der Waals surface area contributed by atoms with Gasteiger partial charge in [-0.1, -0.05) is 18.2 Å². The van der Waals surface area contributed by atoms with E-state index in [0.717, 1.165) is 5.56 Å². The number of nitrogens with zero attached hydrogens (tertiary/aromatic N) is 3. The Morgan fingerprint density at radius 2 is 1.75 bits per heavy atom. The molecule has 1 saturated heterocycles. The highest BCUT2D eigenvalue weighted by atomic mass is 32.2. The van der Waals surface area contributed by atoms with Gasteiger partial charge in [0.05, 0.1) is 10.9 Å². The van der Waals surface area contributed by atoms with Crippen LogP contribution in [0.2, 0.25) is 0 Å². The van der Waals surface area contributed by atoms with Gasteiger partial charge in [-0.15, -0.1) is 0 Å². The van der Waals surface area contributed by atoms with Gasteiger partial charge >= 0.3 is 0 Å². The van der Waals surface area contributed by atoms with Crippen molar-refractivity contribution in [3.63, 3.8) is 0 Å². The maximum absolute atomic E-state index is 12.7. The van der Waals surface area contributed by atoms with E-state index in [-0.39, 0.29) is 48.7 Å². The smallest absolute Gasteiger partial charge is 0.243 e. The summed E-state index contributed by atoms with van der Waals surface area (Å²) in [4.78, 5) is 28.8. The predicted molar refractivity (Wildman–Crippen MR) is 125 cm³/mol. The van der Waals surface area contributed by atoms with Crippen LogP contribution in [0.15, 0.2) is 52.1 Å². The van der Waals surface area contributed by atoms with Gasteiger partial charge in [0, 0.05) is 45.6 Å². The molecule has 1 aromatic carbocycles. The lowest BCUT2D eigenvalue weighted by atomic mass is 10.1. The molecule has 1 N–H and O–H groups in total. The third kappa shape index (κ3) is 6.16. The summed E-state index contributed by atoms with van der Waals surface area (Å²) in [5, 5.41) is 7.00. The van der Waals surface area contributed by atoms with Crippen LogP contribution in [0.1, 0.15) is 24.4 Å². The number of hydrogen-bond acceptors (Lipinski definition) is 6. The van der Waals surface area contributed by atoms with Gasteiger partial charge in [-0.2, -0.15) is 15.6 Å². The second-order valence-corrected chi connectivity index (χ2v) is 10.7. The fraction of sp³-hybridized carbons (Fsp3) is 0.455. The van der Waals surface area contributed by atoms with Crippen molar-refractivity contribution in [3.05, 3.63) is 52.7 Å². The van der Waals surface area contributed by atoms with Crippen molar-refractivity contribution in [1.29, 1.82) is 0 Å². The predicted octanol–water partition coefficient (Wildman–Crippen LogP) is 1.78. The van der Waals surface area contributed by atoms with Crippen molar-refractivity contribution in [2.45, 2.75) is 23.8 Å². The van der Waals surface area contributed by atoms with Crippen molar-refractivity contribution in [2.24, 2.45) is 0 Å². The summed E-state index contributed by atoms with van der Waals surface area (Å²) in [6, 6.07) is 10.4. The van der Waals surface area contributed by atoms with Crippen molar-refractivity contribution in [1.82, 2.24) is 19.4 Å². The second kappa shape index (κ2) is 11.0. The molecule has 1 aliphatic rings. The molecule has 8 nitrogen and oxygen atoms in total. The molecule has 1 fully saturated rings. The highest BCUT2D eigenvalue weighted by molar-refractivity contribution is 7.89. The van der Waals surface area contributed by atoms with Crippen LogP contribution in [-0.2, 0) is 19.6 Å². The van der Waals surface area contributed by atoms with E-state index in [4.69, 9.17) is 0 Å². The van der Waals surface area contributed by atoms with Crippen LogP contribution in [0.4, 0.5) is 0 Å². The number of rotatable bonds is 9. The highest BCUT2D eigenvalue weighted by Crippen LogP contribution is 2.20. The zero-order chi connectivity index (χ0) is 23.1. The summed E-state index contributed by atoms with van der Waals surface area (Å²) in [7, 11) is 0.386. The summed E-state index contributed by atoms with van der Waals surface area (Å²) in [5.74, 6) is -0.287. The van der Waals surface area contributed by atoms with E-state index < -0.39 is 10.0 Å². The number of hydrogen-bond donors (Lipinski definition) is 1. The Bertz CT molecular complexity index is 986. The van der Waals surface area contributed by atoms with Gasteiger partial charge in [0.15, 0.2) is 0 Å². The fourth-order valence-electron chi connectivity index (χ4n) is 3.66. The van der Waals surface area contributed by atoms with Gasteiger partial charge in [0.25, 0.3) is 0 Å². The molecule has 2 aromatic rings. The zero-order valence-corrected chi connectivity index (χ0v) is 20.1. The summed E-state index contributed by atoms with van der Waals surface area (Å²) in [6.07, 6.45) is 0.230. The van der Waals surface area contributed by atoms with E-state index in [1.54, 1.807) is 46.6 Å². The van der Waals surface area contributed by atoms with E-state index >= 15 is 0 Å². The van der Waals surface area contributed by atoms with E-state index in [0.29, 0.717) is 19.6 Å². The number of amides is 2. The number of carbonyl (C=O) groups is 2. The molecule has 0 bridgehead atoms. The van der Waals surface area contributed by atoms with Gasteiger partial charge in [-0.25, -0.2) is 8.42 Å². The summed E-state index contributed by atoms with van der Waals surface area (Å²) in [5.41, 5.74) is 1.15. The third-order valence-corrected chi connectivity index (χ3v) is 8.20. The first-order chi connectivity index (χ1) is 15.3. The van der Waals surface area contributed by atoms with Crippen molar-refractivity contribution < 1.29 is 18.0 Å². The van der Waals surface area contributed by atoms with E-state index in [1.807, 2.05) is 25.5 Å². The van der Waals surface area contributed by atoms with Crippen LogP contribution in [0.3, 0.4) is 0 Å². The lowest BCUT2D eigenvalue weighted by Crippen LogP contribution is -2.50. The molecule has 2 heterocycles. The van der Waals surface area contributed by atoms with Crippen LogP contribution in [-0.4, -0.2) is 81.2 Å². The standard InChI is InChI=1S/C22H30N4O4S2/c1-24(2)20(18-10-15-31-17-18)16-23-21(27)8-9-22(28)25-11-13-26(14-12-25)32(29,30)19-6-4-3-5-7-19/h3-7,10,15,17,20H,8-9,11-14,16H2,1-2H3,(H,23,27). The minimum absolute atomic E-state index is 0.0838. The van der Waals surface area contributed by atoms with Crippen LogP contribution in [0.25, 0.3) is 0 Å². The molecule has 1 atom stereocenters. The number of nitrogens with one attached hydrogen (secondary N) is 1. The zero-order valence-electron chi connectivity index (χ0n) is 18.4. The Balaban J connectivity index is 1.42. The highest BCUT2D eigenvalue weighted by Gasteiger charge is 2.30. The summed E-state index contributed by atoms with van der Waals surface area (Å²) in [6.45, 7) is 1.63. The number of benzene rings is 1.